The molecule has 1 saturated heterocycles. The van der Waals surface area contributed by atoms with Gasteiger partial charge in [0.2, 0.25) is 0 Å². The van der Waals surface area contributed by atoms with Crippen LogP contribution in [0.25, 0.3) is 0 Å². The molecule has 5 heteroatoms. The topological polar surface area (TPSA) is 70.6 Å². The number of rotatable bonds is 5. The number of amides is 2. The van der Waals surface area contributed by atoms with Crippen LogP contribution in [0.5, 0.6) is 0 Å². The lowest BCUT2D eigenvalue weighted by atomic mass is 10.0. The average molecular weight is 278 g/mol. The first-order chi connectivity index (χ1) is 9.70. The van der Waals surface area contributed by atoms with Gasteiger partial charge in [0.15, 0.2) is 0 Å². The van der Waals surface area contributed by atoms with Gasteiger partial charge in [-0.1, -0.05) is 30.3 Å². The standard InChI is InChI=1S/C15H22N2O3/c1-11(13-7-8-20-10-13)16-15(19)17-14(9-18)12-5-3-2-4-6-12/h2-6,11,13-14,18H,7-10H2,1H3,(H2,16,17,19)/t11-,13+,14+/m0/s1. The zero-order valence-electron chi connectivity index (χ0n) is 11.7. The summed E-state index contributed by atoms with van der Waals surface area (Å²) in [6.07, 6.45) is 0.976. The lowest BCUT2D eigenvalue weighted by Crippen LogP contribution is -2.46. The average Bonchev–Trinajstić information content (AvgIpc) is 3.00. The zero-order chi connectivity index (χ0) is 14.4. The second kappa shape index (κ2) is 7.26. The first kappa shape index (κ1) is 14.8. The number of carbonyl (C=O) groups is 1. The molecule has 0 saturated carbocycles. The Hall–Kier alpha value is -1.59. The van der Waals surface area contributed by atoms with Crippen molar-refractivity contribution in [2.45, 2.75) is 25.4 Å². The molecule has 2 rings (SSSR count). The molecule has 1 aliphatic rings. The zero-order valence-corrected chi connectivity index (χ0v) is 11.7. The molecule has 3 atom stereocenters. The highest BCUT2D eigenvalue weighted by Crippen LogP contribution is 2.16. The Bertz CT molecular complexity index is 418. The van der Waals surface area contributed by atoms with Crippen molar-refractivity contribution in [3.05, 3.63) is 35.9 Å². The first-order valence-electron chi connectivity index (χ1n) is 7.01. The maximum atomic E-state index is 12.0. The van der Waals surface area contributed by atoms with E-state index in [4.69, 9.17) is 4.74 Å². The minimum absolute atomic E-state index is 0.0626. The van der Waals surface area contributed by atoms with Crippen LogP contribution in [-0.4, -0.2) is 37.0 Å². The summed E-state index contributed by atoms with van der Waals surface area (Å²) in [4.78, 5) is 12.0. The maximum absolute atomic E-state index is 12.0. The molecular weight excluding hydrogens is 256 g/mol. The summed E-state index contributed by atoms with van der Waals surface area (Å²) in [7, 11) is 0. The lowest BCUT2D eigenvalue weighted by molar-refractivity contribution is 0.176. The molecule has 20 heavy (non-hydrogen) atoms. The Kier molecular flexibility index (Phi) is 5.38. The van der Waals surface area contributed by atoms with E-state index in [-0.39, 0.29) is 24.7 Å². The summed E-state index contributed by atoms with van der Waals surface area (Å²) < 4.78 is 5.32. The van der Waals surface area contributed by atoms with E-state index < -0.39 is 0 Å². The van der Waals surface area contributed by atoms with E-state index in [0.717, 1.165) is 18.6 Å². The number of aliphatic hydroxyl groups excluding tert-OH is 1. The second-order valence-corrected chi connectivity index (χ2v) is 5.18. The number of carbonyl (C=O) groups excluding carboxylic acids is 1. The number of ether oxygens (including phenoxy) is 1. The summed E-state index contributed by atoms with van der Waals surface area (Å²) in [6, 6.07) is 8.86. The Labute approximate surface area is 119 Å². The lowest BCUT2D eigenvalue weighted by Gasteiger charge is -2.22. The Morgan fingerprint density at radius 1 is 1.40 bits per heavy atom. The Morgan fingerprint density at radius 3 is 2.75 bits per heavy atom. The van der Waals surface area contributed by atoms with Gasteiger partial charge in [-0.15, -0.1) is 0 Å². The van der Waals surface area contributed by atoms with Crippen LogP contribution in [0.1, 0.15) is 24.9 Å². The minimum atomic E-state index is -0.386. The van der Waals surface area contributed by atoms with E-state index in [1.165, 1.54) is 0 Å². The van der Waals surface area contributed by atoms with Crippen LogP contribution >= 0.6 is 0 Å². The molecule has 1 aromatic carbocycles. The van der Waals surface area contributed by atoms with Crippen molar-refractivity contribution < 1.29 is 14.6 Å². The molecule has 0 aromatic heterocycles. The molecule has 5 nitrogen and oxygen atoms in total. The fourth-order valence-electron chi connectivity index (χ4n) is 2.39. The largest absolute Gasteiger partial charge is 0.394 e. The molecule has 1 aromatic rings. The summed E-state index contributed by atoms with van der Waals surface area (Å²) in [5, 5.41) is 15.1. The van der Waals surface area contributed by atoms with Crippen molar-refractivity contribution in [1.82, 2.24) is 10.6 Å². The highest BCUT2D eigenvalue weighted by Gasteiger charge is 2.24. The number of aliphatic hydroxyl groups is 1. The Balaban J connectivity index is 1.86. The van der Waals surface area contributed by atoms with Crippen LogP contribution in [0, 0.1) is 5.92 Å². The molecule has 1 fully saturated rings. The highest BCUT2D eigenvalue weighted by molar-refractivity contribution is 5.74. The second-order valence-electron chi connectivity index (χ2n) is 5.18. The van der Waals surface area contributed by atoms with Crippen LogP contribution in [0.4, 0.5) is 4.79 Å². The van der Waals surface area contributed by atoms with Gasteiger partial charge in [-0.25, -0.2) is 4.79 Å². The van der Waals surface area contributed by atoms with Crippen LogP contribution in [0.2, 0.25) is 0 Å². The van der Waals surface area contributed by atoms with Gasteiger partial charge in [-0.3, -0.25) is 0 Å². The van der Waals surface area contributed by atoms with E-state index >= 15 is 0 Å². The van der Waals surface area contributed by atoms with Crippen molar-refractivity contribution in [2.24, 2.45) is 5.92 Å². The summed E-state index contributed by atoms with van der Waals surface area (Å²) in [6.45, 7) is 3.32. The molecule has 1 aliphatic heterocycles. The van der Waals surface area contributed by atoms with Crippen molar-refractivity contribution >= 4 is 6.03 Å². The predicted octanol–water partition coefficient (Wildman–Crippen LogP) is 1.44. The molecule has 2 amide bonds. The first-order valence-corrected chi connectivity index (χ1v) is 7.01. The van der Waals surface area contributed by atoms with Gasteiger partial charge in [0.25, 0.3) is 0 Å². The van der Waals surface area contributed by atoms with Crippen molar-refractivity contribution in [1.29, 1.82) is 0 Å². The van der Waals surface area contributed by atoms with Crippen LogP contribution in [-0.2, 0) is 4.74 Å². The molecule has 1 heterocycles. The van der Waals surface area contributed by atoms with Crippen molar-refractivity contribution in [3.63, 3.8) is 0 Å². The van der Waals surface area contributed by atoms with Gasteiger partial charge in [-0.2, -0.15) is 0 Å². The predicted molar refractivity (Wildman–Crippen MR) is 76.3 cm³/mol. The van der Waals surface area contributed by atoms with Gasteiger partial charge in [0.1, 0.15) is 0 Å². The highest BCUT2D eigenvalue weighted by atomic mass is 16.5. The molecule has 0 bridgehead atoms. The van der Waals surface area contributed by atoms with Gasteiger partial charge >= 0.3 is 6.03 Å². The van der Waals surface area contributed by atoms with E-state index in [9.17, 15) is 9.90 Å². The molecule has 0 unspecified atom stereocenters. The van der Waals surface area contributed by atoms with E-state index in [1.807, 2.05) is 37.3 Å². The number of urea groups is 1. The van der Waals surface area contributed by atoms with Crippen LogP contribution in [0.3, 0.4) is 0 Å². The summed E-state index contributed by atoms with van der Waals surface area (Å²) in [5.41, 5.74) is 0.891. The van der Waals surface area contributed by atoms with E-state index in [2.05, 4.69) is 10.6 Å². The Morgan fingerprint density at radius 2 is 2.15 bits per heavy atom. The normalized spacial score (nSPS) is 21.2. The van der Waals surface area contributed by atoms with Crippen LogP contribution in [0.15, 0.2) is 30.3 Å². The van der Waals surface area contributed by atoms with E-state index in [1.54, 1.807) is 0 Å². The number of nitrogens with one attached hydrogen (secondary N) is 2. The third kappa shape index (κ3) is 3.95. The van der Waals surface area contributed by atoms with Gasteiger partial charge in [0, 0.05) is 18.6 Å². The van der Waals surface area contributed by atoms with Gasteiger partial charge < -0.3 is 20.5 Å². The molecule has 110 valence electrons. The SMILES string of the molecule is C[C@H](NC(=O)N[C@H](CO)c1ccccc1)[C@@H]1CCOC1. The number of hydrogen-bond donors (Lipinski definition) is 3. The fraction of sp³-hybridized carbons (Fsp3) is 0.533. The number of benzene rings is 1. The molecule has 0 spiro atoms. The summed E-state index contributed by atoms with van der Waals surface area (Å²) >= 11 is 0. The minimum Gasteiger partial charge on any atom is -0.394 e. The monoisotopic (exact) mass is 278 g/mol. The molecule has 0 radical (unpaired) electrons. The van der Waals surface area contributed by atoms with Crippen LogP contribution < -0.4 is 10.6 Å². The summed E-state index contributed by atoms with van der Waals surface area (Å²) in [5.74, 6) is 0.366. The third-order valence-corrected chi connectivity index (χ3v) is 3.72. The molecular formula is C15H22N2O3. The maximum Gasteiger partial charge on any atom is 0.315 e. The molecule has 3 N–H and O–H groups in total. The molecule has 0 aliphatic carbocycles. The van der Waals surface area contributed by atoms with E-state index in [0.29, 0.717) is 12.5 Å². The van der Waals surface area contributed by atoms with Crippen molar-refractivity contribution in [3.8, 4) is 0 Å². The quantitative estimate of drug-likeness (QED) is 0.763. The van der Waals surface area contributed by atoms with Gasteiger partial charge in [-0.05, 0) is 18.9 Å². The number of hydrogen-bond acceptors (Lipinski definition) is 3. The third-order valence-electron chi connectivity index (χ3n) is 3.72. The van der Waals surface area contributed by atoms with Crippen molar-refractivity contribution in [2.75, 3.05) is 19.8 Å². The fourth-order valence-corrected chi connectivity index (χ4v) is 2.39. The smallest absolute Gasteiger partial charge is 0.315 e. The van der Waals surface area contributed by atoms with Gasteiger partial charge in [0.05, 0.1) is 19.3 Å².